The topological polar surface area (TPSA) is 84.2 Å². The summed E-state index contributed by atoms with van der Waals surface area (Å²) in [7, 11) is 0. The van der Waals surface area contributed by atoms with Crippen molar-refractivity contribution >= 4 is 23.0 Å². The monoisotopic (exact) mass is 381 g/mol. The minimum absolute atomic E-state index is 0.0598. The maximum absolute atomic E-state index is 12.9. The number of rotatable bonds is 4. The van der Waals surface area contributed by atoms with E-state index in [2.05, 4.69) is 22.2 Å². The summed E-state index contributed by atoms with van der Waals surface area (Å²) in [6.45, 7) is 3.31. The molecule has 27 heavy (non-hydrogen) atoms. The van der Waals surface area contributed by atoms with Crippen LogP contribution in [0.1, 0.15) is 25.3 Å². The maximum Gasteiger partial charge on any atom is 0.416 e. The third kappa shape index (κ3) is 4.26. The summed E-state index contributed by atoms with van der Waals surface area (Å²) >= 11 is 0. The highest BCUT2D eigenvalue weighted by molar-refractivity contribution is 5.74. The second-order valence-corrected chi connectivity index (χ2v) is 6.55. The summed E-state index contributed by atoms with van der Waals surface area (Å²) in [5, 5.41) is 14.3. The molecule has 1 aromatic carbocycles. The van der Waals surface area contributed by atoms with Gasteiger partial charge in [-0.3, -0.25) is 10.1 Å². The zero-order valence-corrected chi connectivity index (χ0v) is 14.5. The fourth-order valence-corrected chi connectivity index (χ4v) is 3.15. The van der Waals surface area contributed by atoms with Gasteiger partial charge >= 0.3 is 11.9 Å². The van der Waals surface area contributed by atoms with Crippen LogP contribution < -0.4 is 10.2 Å². The number of benzene rings is 1. The van der Waals surface area contributed by atoms with Crippen LogP contribution in [0.4, 0.5) is 36.2 Å². The fraction of sp³-hybridized carbons (Fsp3) is 0.412. The first-order chi connectivity index (χ1) is 12.8. The van der Waals surface area contributed by atoms with Gasteiger partial charge in [-0.2, -0.15) is 13.2 Å². The molecule has 0 radical (unpaired) electrons. The molecule has 1 saturated heterocycles. The van der Waals surface area contributed by atoms with Gasteiger partial charge in [0.2, 0.25) is 11.6 Å². The molecule has 144 valence electrons. The van der Waals surface area contributed by atoms with E-state index in [1.807, 2.05) is 4.90 Å². The summed E-state index contributed by atoms with van der Waals surface area (Å²) in [6, 6.07) is 4.43. The Morgan fingerprint density at radius 2 is 2.11 bits per heavy atom. The lowest BCUT2D eigenvalue weighted by Crippen LogP contribution is -2.35. The van der Waals surface area contributed by atoms with Crippen molar-refractivity contribution in [2.75, 3.05) is 23.3 Å². The largest absolute Gasteiger partial charge is 0.416 e. The SMILES string of the molecule is CC1CCCN(c2ncnc(Nc3cccc(C(F)(F)F)c3)c2[N+](=O)[O-])C1. The predicted molar refractivity (Wildman–Crippen MR) is 94.0 cm³/mol. The number of hydrogen-bond acceptors (Lipinski definition) is 6. The van der Waals surface area contributed by atoms with Gasteiger partial charge in [0.25, 0.3) is 0 Å². The van der Waals surface area contributed by atoms with Crippen LogP contribution in [0, 0.1) is 16.0 Å². The molecule has 2 heterocycles. The molecule has 1 fully saturated rings. The van der Waals surface area contributed by atoms with Crippen molar-refractivity contribution in [3.8, 4) is 0 Å². The van der Waals surface area contributed by atoms with Crippen molar-refractivity contribution in [1.29, 1.82) is 0 Å². The van der Waals surface area contributed by atoms with Crippen molar-refractivity contribution in [2.45, 2.75) is 25.9 Å². The molecule has 0 spiro atoms. The molecule has 2 aromatic rings. The van der Waals surface area contributed by atoms with E-state index in [0.717, 1.165) is 25.0 Å². The van der Waals surface area contributed by atoms with Crippen molar-refractivity contribution in [1.82, 2.24) is 9.97 Å². The third-order valence-corrected chi connectivity index (χ3v) is 4.39. The molecule has 0 saturated carbocycles. The summed E-state index contributed by atoms with van der Waals surface area (Å²) in [6.07, 6.45) is -1.41. The average molecular weight is 381 g/mol. The smallest absolute Gasteiger partial charge is 0.350 e. The minimum Gasteiger partial charge on any atom is -0.350 e. The number of anilines is 3. The van der Waals surface area contributed by atoms with Crippen molar-refractivity contribution < 1.29 is 18.1 Å². The molecule has 10 heteroatoms. The molecule has 1 N–H and O–H groups in total. The van der Waals surface area contributed by atoms with Gasteiger partial charge in [-0.05, 0) is 37.0 Å². The van der Waals surface area contributed by atoms with Crippen LogP contribution in [0.25, 0.3) is 0 Å². The first kappa shape index (κ1) is 18.9. The van der Waals surface area contributed by atoms with Gasteiger partial charge in [0.15, 0.2) is 0 Å². The third-order valence-electron chi connectivity index (χ3n) is 4.39. The van der Waals surface area contributed by atoms with Gasteiger partial charge in [0.1, 0.15) is 6.33 Å². The lowest BCUT2D eigenvalue weighted by Gasteiger charge is -2.31. The van der Waals surface area contributed by atoms with E-state index in [9.17, 15) is 23.3 Å². The van der Waals surface area contributed by atoms with Crippen LogP contribution >= 0.6 is 0 Å². The number of nitrogens with one attached hydrogen (secondary N) is 1. The Kier molecular flexibility index (Phi) is 5.15. The lowest BCUT2D eigenvalue weighted by atomic mass is 10.0. The van der Waals surface area contributed by atoms with E-state index >= 15 is 0 Å². The number of halogens is 3. The van der Waals surface area contributed by atoms with Gasteiger partial charge < -0.3 is 10.2 Å². The molecular formula is C17H18F3N5O2. The van der Waals surface area contributed by atoms with Gasteiger partial charge in [-0.1, -0.05) is 13.0 Å². The Bertz CT molecular complexity index is 844. The molecule has 7 nitrogen and oxygen atoms in total. The molecule has 0 amide bonds. The Morgan fingerprint density at radius 3 is 2.78 bits per heavy atom. The second kappa shape index (κ2) is 7.37. The Hall–Kier alpha value is -2.91. The van der Waals surface area contributed by atoms with Gasteiger partial charge in [0, 0.05) is 18.8 Å². The second-order valence-electron chi connectivity index (χ2n) is 6.55. The zero-order valence-electron chi connectivity index (χ0n) is 14.5. The quantitative estimate of drug-likeness (QED) is 0.625. The highest BCUT2D eigenvalue weighted by Crippen LogP contribution is 2.36. The molecule has 1 atom stereocenters. The molecule has 0 aliphatic carbocycles. The van der Waals surface area contributed by atoms with Crippen molar-refractivity contribution in [3.63, 3.8) is 0 Å². The normalized spacial score (nSPS) is 17.6. The highest BCUT2D eigenvalue weighted by atomic mass is 19.4. The molecular weight excluding hydrogens is 363 g/mol. The summed E-state index contributed by atoms with van der Waals surface area (Å²) in [5.74, 6) is 0.409. The highest BCUT2D eigenvalue weighted by Gasteiger charge is 2.32. The Morgan fingerprint density at radius 1 is 1.33 bits per heavy atom. The molecule has 0 bridgehead atoms. The van der Waals surface area contributed by atoms with E-state index in [1.54, 1.807) is 0 Å². The van der Waals surface area contributed by atoms with Crippen LogP contribution in [0.5, 0.6) is 0 Å². The summed E-state index contributed by atoms with van der Waals surface area (Å²) in [5.41, 5.74) is -1.14. The predicted octanol–water partition coefficient (Wildman–Crippen LogP) is 4.38. The standard InChI is InChI=1S/C17H18F3N5O2/c1-11-4-3-7-24(9-11)16-14(25(26)27)15(21-10-22-16)23-13-6-2-5-12(8-13)17(18,19)20/h2,5-6,8,10-11H,3-4,7,9H2,1H3,(H,21,22,23). The van der Waals surface area contributed by atoms with Gasteiger partial charge in [-0.25, -0.2) is 9.97 Å². The zero-order chi connectivity index (χ0) is 19.6. The van der Waals surface area contributed by atoms with Crippen LogP contribution in [0.15, 0.2) is 30.6 Å². The average Bonchev–Trinajstić information content (AvgIpc) is 2.61. The van der Waals surface area contributed by atoms with E-state index in [-0.39, 0.29) is 23.0 Å². The molecule has 3 rings (SSSR count). The lowest BCUT2D eigenvalue weighted by molar-refractivity contribution is -0.383. The Balaban J connectivity index is 1.96. The van der Waals surface area contributed by atoms with Crippen molar-refractivity contribution in [2.24, 2.45) is 5.92 Å². The minimum atomic E-state index is -4.51. The van der Waals surface area contributed by atoms with E-state index < -0.39 is 16.7 Å². The molecule has 1 aromatic heterocycles. The van der Waals surface area contributed by atoms with Crippen LogP contribution in [-0.4, -0.2) is 28.0 Å². The number of piperidine rings is 1. The number of nitro groups is 1. The number of aromatic nitrogens is 2. The van der Waals surface area contributed by atoms with E-state index in [1.165, 1.54) is 18.5 Å². The number of nitrogens with zero attached hydrogens (tertiary/aromatic N) is 4. The maximum atomic E-state index is 12.9. The van der Waals surface area contributed by atoms with Crippen LogP contribution in [0.2, 0.25) is 0 Å². The fourth-order valence-electron chi connectivity index (χ4n) is 3.15. The van der Waals surface area contributed by atoms with Gasteiger partial charge in [-0.15, -0.1) is 0 Å². The van der Waals surface area contributed by atoms with Crippen molar-refractivity contribution in [3.05, 3.63) is 46.3 Å². The molecule has 1 unspecified atom stereocenters. The Labute approximate surface area is 153 Å². The molecule has 1 aliphatic rings. The molecule has 1 aliphatic heterocycles. The number of hydrogen-bond donors (Lipinski definition) is 1. The first-order valence-electron chi connectivity index (χ1n) is 8.44. The van der Waals surface area contributed by atoms with Crippen LogP contribution in [-0.2, 0) is 6.18 Å². The first-order valence-corrected chi connectivity index (χ1v) is 8.44. The van der Waals surface area contributed by atoms with E-state index in [4.69, 9.17) is 0 Å². The number of alkyl halides is 3. The van der Waals surface area contributed by atoms with Gasteiger partial charge in [0.05, 0.1) is 10.5 Å². The summed E-state index contributed by atoms with van der Waals surface area (Å²) in [4.78, 5) is 20.8. The van der Waals surface area contributed by atoms with E-state index in [0.29, 0.717) is 19.0 Å². The van der Waals surface area contributed by atoms with Crippen LogP contribution in [0.3, 0.4) is 0 Å². The summed E-state index contributed by atoms with van der Waals surface area (Å²) < 4.78 is 38.7.